The highest BCUT2D eigenvalue weighted by atomic mass is 35.5. The van der Waals surface area contributed by atoms with Crippen molar-refractivity contribution in [3.63, 3.8) is 0 Å². The predicted octanol–water partition coefficient (Wildman–Crippen LogP) is 3.32. The Hall–Kier alpha value is -2.05. The van der Waals surface area contributed by atoms with Gasteiger partial charge in [-0.05, 0) is 5.56 Å². The number of halogens is 1. The van der Waals surface area contributed by atoms with E-state index in [1.165, 1.54) is 7.11 Å². The maximum absolute atomic E-state index is 11.3. The van der Waals surface area contributed by atoms with Gasteiger partial charge in [0.2, 0.25) is 0 Å². The Morgan fingerprint density at radius 2 is 1.95 bits per heavy atom. The molecule has 1 heterocycles. The van der Waals surface area contributed by atoms with Crippen molar-refractivity contribution in [3.05, 3.63) is 40.2 Å². The summed E-state index contributed by atoms with van der Waals surface area (Å²) in [6.45, 7) is -0.401. The van der Waals surface area contributed by atoms with E-state index in [-0.39, 0.29) is 15.6 Å². The summed E-state index contributed by atoms with van der Waals surface area (Å²) >= 11 is 7.20. The monoisotopic (exact) mass is 326 g/mol. The average molecular weight is 327 g/mol. The Bertz CT molecular complexity index is 666. The van der Waals surface area contributed by atoms with Gasteiger partial charge in [0, 0.05) is 0 Å². The molecule has 0 spiro atoms. The van der Waals surface area contributed by atoms with E-state index in [9.17, 15) is 14.7 Å². The Balaban J connectivity index is 2.41. The van der Waals surface area contributed by atoms with E-state index in [0.29, 0.717) is 4.88 Å². The molecule has 0 fully saturated rings. The minimum atomic E-state index is -1.16. The van der Waals surface area contributed by atoms with Gasteiger partial charge in [-0.2, -0.15) is 0 Å². The smallest absolute Gasteiger partial charge is 0.349 e. The van der Waals surface area contributed by atoms with Gasteiger partial charge >= 0.3 is 11.9 Å². The van der Waals surface area contributed by atoms with Crippen LogP contribution in [0.15, 0.2) is 30.3 Å². The van der Waals surface area contributed by atoms with Crippen molar-refractivity contribution in [2.45, 2.75) is 0 Å². The number of rotatable bonds is 5. The molecule has 0 aliphatic carbocycles. The number of carboxylic acids is 1. The second kappa shape index (κ2) is 6.60. The van der Waals surface area contributed by atoms with Crippen LogP contribution in [0.2, 0.25) is 5.02 Å². The highest BCUT2D eigenvalue weighted by Crippen LogP contribution is 2.45. The molecule has 0 saturated carbocycles. The minimum Gasteiger partial charge on any atom is -0.479 e. The highest BCUT2D eigenvalue weighted by Gasteiger charge is 2.24. The van der Waals surface area contributed by atoms with Crippen LogP contribution in [0.1, 0.15) is 9.67 Å². The molecule has 7 heteroatoms. The summed E-state index contributed by atoms with van der Waals surface area (Å²) in [6, 6.07) is 9.11. The molecule has 0 amide bonds. The van der Waals surface area contributed by atoms with E-state index in [2.05, 4.69) is 4.74 Å². The van der Waals surface area contributed by atoms with Gasteiger partial charge in [0.15, 0.2) is 17.2 Å². The van der Waals surface area contributed by atoms with Gasteiger partial charge in [0.1, 0.15) is 5.02 Å². The number of thiophene rings is 1. The van der Waals surface area contributed by atoms with Crippen LogP contribution < -0.4 is 4.74 Å². The van der Waals surface area contributed by atoms with Crippen molar-refractivity contribution >= 4 is 34.9 Å². The standard InChI is InChI=1S/C14H11ClO5S/c1-19-9(16)7-20-11-10(15)12(21-13(11)14(17)18)8-5-3-2-4-6-8/h2-6H,7H2,1H3,(H,17,18). The number of ether oxygens (including phenoxy) is 2. The van der Waals surface area contributed by atoms with Crippen molar-refractivity contribution in [1.82, 2.24) is 0 Å². The van der Waals surface area contributed by atoms with E-state index in [1.807, 2.05) is 30.3 Å². The third kappa shape index (κ3) is 3.34. The van der Waals surface area contributed by atoms with Gasteiger partial charge in [-0.25, -0.2) is 9.59 Å². The first kappa shape index (κ1) is 15.3. The molecule has 0 aliphatic heterocycles. The van der Waals surface area contributed by atoms with Crippen LogP contribution >= 0.6 is 22.9 Å². The zero-order chi connectivity index (χ0) is 15.4. The van der Waals surface area contributed by atoms with Gasteiger partial charge in [0.05, 0.1) is 12.0 Å². The predicted molar refractivity (Wildman–Crippen MR) is 79.2 cm³/mol. The van der Waals surface area contributed by atoms with E-state index in [1.54, 1.807) is 0 Å². The number of aromatic carboxylic acids is 1. The third-order valence-electron chi connectivity index (χ3n) is 2.60. The van der Waals surface area contributed by atoms with Crippen molar-refractivity contribution in [2.24, 2.45) is 0 Å². The number of methoxy groups -OCH3 is 1. The lowest BCUT2D eigenvalue weighted by molar-refractivity contribution is -0.142. The number of carbonyl (C=O) groups is 2. The van der Waals surface area contributed by atoms with Crippen molar-refractivity contribution < 1.29 is 24.2 Å². The first-order valence-corrected chi connectivity index (χ1v) is 7.04. The Kier molecular flexibility index (Phi) is 4.82. The Morgan fingerprint density at radius 1 is 1.29 bits per heavy atom. The van der Waals surface area contributed by atoms with E-state index < -0.39 is 18.5 Å². The van der Waals surface area contributed by atoms with Gasteiger partial charge in [-0.3, -0.25) is 0 Å². The number of carboxylic acid groups (broad SMARTS) is 1. The molecule has 0 saturated heterocycles. The molecule has 21 heavy (non-hydrogen) atoms. The van der Waals surface area contributed by atoms with E-state index in [0.717, 1.165) is 16.9 Å². The molecule has 0 aliphatic rings. The fourth-order valence-corrected chi connectivity index (χ4v) is 3.04. The van der Waals surface area contributed by atoms with Crippen LogP contribution in [0, 0.1) is 0 Å². The molecule has 0 unspecified atom stereocenters. The summed E-state index contributed by atoms with van der Waals surface area (Å²) in [4.78, 5) is 22.9. The summed E-state index contributed by atoms with van der Waals surface area (Å²) in [5, 5.41) is 9.40. The molecule has 1 aromatic heterocycles. The second-order valence-electron chi connectivity index (χ2n) is 3.94. The zero-order valence-electron chi connectivity index (χ0n) is 11.0. The fraction of sp³-hybridized carbons (Fsp3) is 0.143. The first-order valence-electron chi connectivity index (χ1n) is 5.85. The number of hydrogen-bond acceptors (Lipinski definition) is 5. The largest absolute Gasteiger partial charge is 0.479 e. The molecule has 0 radical (unpaired) electrons. The summed E-state index contributed by atoms with van der Waals surface area (Å²) in [7, 11) is 1.22. The van der Waals surface area contributed by atoms with Crippen molar-refractivity contribution in [3.8, 4) is 16.2 Å². The molecule has 5 nitrogen and oxygen atoms in total. The van der Waals surface area contributed by atoms with Crippen LogP contribution in [0.3, 0.4) is 0 Å². The number of esters is 1. The SMILES string of the molecule is COC(=O)COc1c(C(=O)O)sc(-c2ccccc2)c1Cl. The second-order valence-corrected chi connectivity index (χ2v) is 5.34. The van der Waals surface area contributed by atoms with Crippen LogP contribution in [0.25, 0.3) is 10.4 Å². The molecule has 1 aromatic carbocycles. The van der Waals surface area contributed by atoms with Gasteiger partial charge in [-0.15, -0.1) is 11.3 Å². The maximum Gasteiger partial charge on any atom is 0.349 e. The summed E-state index contributed by atoms with van der Waals surface area (Å²) < 4.78 is 9.66. The maximum atomic E-state index is 11.3. The first-order chi connectivity index (χ1) is 10.0. The zero-order valence-corrected chi connectivity index (χ0v) is 12.5. The minimum absolute atomic E-state index is 0.0154. The number of carbonyl (C=O) groups excluding carboxylic acids is 1. The lowest BCUT2D eigenvalue weighted by Crippen LogP contribution is -2.13. The normalized spacial score (nSPS) is 10.2. The highest BCUT2D eigenvalue weighted by molar-refractivity contribution is 7.18. The summed E-state index contributed by atoms with van der Waals surface area (Å²) in [6.07, 6.45) is 0. The third-order valence-corrected chi connectivity index (χ3v) is 4.28. The quantitative estimate of drug-likeness (QED) is 0.853. The van der Waals surface area contributed by atoms with Gasteiger partial charge in [0.25, 0.3) is 0 Å². The van der Waals surface area contributed by atoms with Crippen LogP contribution in [-0.4, -0.2) is 30.8 Å². The average Bonchev–Trinajstić information content (AvgIpc) is 2.83. The summed E-state index contributed by atoms with van der Waals surface area (Å²) in [5.41, 5.74) is 0.780. The molecule has 2 rings (SSSR count). The molecule has 0 atom stereocenters. The fourth-order valence-electron chi connectivity index (χ4n) is 1.63. The Morgan fingerprint density at radius 3 is 2.52 bits per heavy atom. The molecule has 0 bridgehead atoms. The van der Waals surface area contributed by atoms with Gasteiger partial charge < -0.3 is 14.6 Å². The lowest BCUT2D eigenvalue weighted by Gasteiger charge is -2.05. The molecule has 110 valence electrons. The molecular formula is C14H11ClO5S. The Labute approximate surface area is 129 Å². The van der Waals surface area contributed by atoms with E-state index >= 15 is 0 Å². The van der Waals surface area contributed by atoms with Crippen molar-refractivity contribution in [1.29, 1.82) is 0 Å². The van der Waals surface area contributed by atoms with Crippen LogP contribution in [0.5, 0.6) is 5.75 Å². The topological polar surface area (TPSA) is 72.8 Å². The van der Waals surface area contributed by atoms with Crippen LogP contribution in [0.4, 0.5) is 0 Å². The molecular weight excluding hydrogens is 316 g/mol. The van der Waals surface area contributed by atoms with Gasteiger partial charge in [-0.1, -0.05) is 41.9 Å². The van der Waals surface area contributed by atoms with Crippen LogP contribution in [-0.2, 0) is 9.53 Å². The summed E-state index contributed by atoms with van der Waals surface area (Å²) in [5.74, 6) is -1.79. The molecule has 2 aromatic rings. The van der Waals surface area contributed by atoms with Crippen molar-refractivity contribution in [2.75, 3.05) is 13.7 Å². The molecule has 1 N–H and O–H groups in total. The number of benzene rings is 1. The lowest BCUT2D eigenvalue weighted by atomic mass is 10.2. The van der Waals surface area contributed by atoms with E-state index in [4.69, 9.17) is 16.3 Å². The number of hydrogen-bond donors (Lipinski definition) is 1.